The van der Waals surface area contributed by atoms with Gasteiger partial charge >= 0.3 is 12.1 Å². The van der Waals surface area contributed by atoms with Gasteiger partial charge in [-0.2, -0.15) is 9.42 Å². The zero-order valence-corrected chi connectivity index (χ0v) is 7.25. The SMILES string of the molecule is NNC(=O)N1C=CSN1C(=O)NN. The molecule has 1 aliphatic rings. The van der Waals surface area contributed by atoms with Crippen molar-refractivity contribution in [2.24, 2.45) is 11.7 Å². The van der Waals surface area contributed by atoms with Gasteiger partial charge in [-0.1, -0.05) is 0 Å². The number of carbonyl (C=O) groups is 2. The van der Waals surface area contributed by atoms with Crippen LogP contribution in [0.3, 0.4) is 0 Å². The van der Waals surface area contributed by atoms with Crippen molar-refractivity contribution in [3.63, 3.8) is 0 Å². The Bertz CT molecular complexity index is 255. The fourth-order valence-electron chi connectivity index (χ4n) is 0.671. The van der Waals surface area contributed by atoms with Crippen LogP contribution in [0.1, 0.15) is 0 Å². The smallest absolute Gasteiger partial charge is 0.274 e. The van der Waals surface area contributed by atoms with Gasteiger partial charge in [-0.05, 0) is 0 Å². The molecule has 0 bridgehead atoms. The Labute approximate surface area is 77.9 Å². The summed E-state index contributed by atoms with van der Waals surface area (Å²) in [5.74, 6) is 9.77. The van der Waals surface area contributed by atoms with E-state index in [1.54, 1.807) is 0 Å². The number of hydrazine groups is 3. The van der Waals surface area contributed by atoms with Crippen molar-refractivity contribution in [3.05, 3.63) is 11.6 Å². The molecule has 0 spiro atoms. The van der Waals surface area contributed by atoms with Gasteiger partial charge in [0.2, 0.25) is 0 Å². The Morgan fingerprint density at radius 3 is 2.38 bits per heavy atom. The molecular weight excluding hydrogens is 196 g/mol. The number of amides is 4. The summed E-state index contributed by atoms with van der Waals surface area (Å²) in [5.41, 5.74) is 3.76. The molecule has 6 N–H and O–H groups in total. The number of rotatable bonds is 0. The van der Waals surface area contributed by atoms with Crippen molar-refractivity contribution in [3.8, 4) is 0 Å². The van der Waals surface area contributed by atoms with Crippen LogP contribution in [-0.2, 0) is 0 Å². The van der Waals surface area contributed by atoms with E-state index in [0.717, 1.165) is 21.4 Å². The molecule has 0 aromatic heterocycles. The van der Waals surface area contributed by atoms with E-state index in [1.807, 2.05) is 10.9 Å². The topological polar surface area (TPSA) is 117 Å². The normalized spacial score (nSPS) is 14.6. The predicted molar refractivity (Wildman–Crippen MR) is 45.8 cm³/mol. The van der Waals surface area contributed by atoms with Gasteiger partial charge in [0.15, 0.2) is 0 Å². The molecule has 4 amide bonds. The molecule has 0 saturated carbocycles. The molecule has 0 atom stereocenters. The van der Waals surface area contributed by atoms with Gasteiger partial charge in [0.1, 0.15) is 0 Å². The number of nitrogens with two attached hydrogens (primary N) is 2. The number of carbonyl (C=O) groups excluding carboxylic acids is 2. The molecule has 0 radical (unpaired) electrons. The van der Waals surface area contributed by atoms with E-state index < -0.39 is 12.1 Å². The highest BCUT2D eigenvalue weighted by molar-refractivity contribution is 8.00. The molecule has 9 heteroatoms. The van der Waals surface area contributed by atoms with Crippen LogP contribution in [0, 0.1) is 0 Å². The van der Waals surface area contributed by atoms with Gasteiger partial charge in [0.25, 0.3) is 0 Å². The van der Waals surface area contributed by atoms with Crippen molar-refractivity contribution in [2.75, 3.05) is 0 Å². The second-order valence-corrected chi connectivity index (χ2v) is 2.74. The molecule has 0 unspecified atom stereocenters. The summed E-state index contributed by atoms with van der Waals surface area (Å²) in [6.45, 7) is 0. The molecule has 0 aromatic rings. The minimum atomic E-state index is -0.634. The monoisotopic (exact) mass is 204 g/mol. The first-order valence-corrected chi connectivity index (χ1v) is 3.98. The van der Waals surface area contributed by atoms with Crippen LogP contribution in [-0.4, -0.2) is 21.5 Å². The summed E-state index contributed by atoms with van der Waals surface area (Å²) in [4.78, 5) is 22.0. The number of urea groups is 2. The first-order chi connectivity index (χ1) is 6.20. The summed E-state index contributed by atoms with van der Waals surface area (Å²) in [6, 6.07) is -1.26. The first kappa shape index (κ1) is 9.64. The Morgan fingerprint density at radius 1 is 1.23 bits per heavy atom. The van der Waals surface area contributed by atoms with Crippen LogP contribution in [0.25, 0.3) is 0 Å². The summed E-state index contributed by atoms with van der Waals surface area (Å²) in [7, 11) is 0. The fraction of sp³-hybridized carbons (Fsp3) is 0. The van der Waals surface area contributed by atoms with Crippen molar-refractivity contribution < 1.29 is 9.59 Å². The number of nitrogens with zero attached hydrogens (tertiary/aromatic N) is 2. The quantitative estimate of drug-likeness (QED) is 0.171. The van der Waals surface area contributed by atoms with E-state index in [9.17, 15) is 9.59 Å². The molecule has 0 fully saturated rings. The third-order valence-corrected chi connectivity index (χ3v) is 1.97. The van der Waals surface area contributed by atoms with Crippen LogP contribution in [0.5, 0.6) is 0 Å². The van der Waals surface area contributed by atoms with Crippen molar-refractivity contribution in [2.45, 2.75) is 0 Å². The van der Waals surface area contributed by atoms with E-state index in [2.05, 4.69) is 0 Å². The van der Waals surface area contributed by atoms with E-state index >= 15 is 0 Å². The Morgan fingerprint density at radius 2 is 1.85 bits per heavy atom. The maximum Gasteiger partial charge on any atom is 0.361 e. The Balaban J connectivity index is 2.67. The van der Waals surface area contributed by atoms with Gasteiger partial charge in [0.05, 0.1) is 0 Å². The summed E-state index contributed by atoms with van der Waals surface area (Å²) >= 11 is 0.997. The minimum absolute atomic E-state index is 0.626. The highest BCUT2D eigenvalue weighted by atomic mass is 32.2. The number of hydrogen-bond acceptors (Lipinski definition) is 5. The van der Waals surface area contributed by atoms with E-state index in [1.165, 1.54) is 11.6 Å². The molecule has 0 saturated heterocycles. The zero-order valence-electron chi connectivity index (χ0n) is 6.43. The highest BCUT2D eigenvalue weighted by Crippen LogP contribution is 2.22. The maximum atomic E-state index is 11.0. The third-order valence-electron chi connectivity index (χ3n) is 1.19. The van der Waals surface area contributed by atoms with E-state index in [-0.39, 0.29) is 0 Å². The Kier molecular flexibility index (Phi) is 2.95. The number of nitrogens with one attached hydrogen (secondary N) is 2. The molecule has 1 heterocycles. The minimum Gasteiger partial charge on any atom is -0.274 e. The van der Waals surface area contributed by atoms with E-state index in [4.69, 9.17) is 11.7 Å². The molecule has 72 valence electrons. The molecular formula is C4H8N6O2S. The fourth-order valence-corrected chi connectivity index (χ4v) is 1.33. The molecule has 0 aromatic carbocycles. The summed E-state index contributed by atoms with van der Waals surface area (Å²) in [6.07, 6.45) is 1.38. The second-order valence-electron chi connectivity index (χ2n) is 1.91. The van der Waals surface area contributed by atoms with Crippen LogP contribution in [0.15, 0.2) is 11.6 Å². The van der Waals surface area contributed by atoms with Crippen molar-refractivity contribution in [1.29, 1.82) is 0 Å². The van der Waals surface area contributed by atoms with Gasteiger partial charge in [-0.3, -0.25) is 10.9 Å². The molecule has 0 aliphatic carbocycles. The summed E-state index contributed by atoms with van der Waals surface area (Å²) in [5, 5.41) is 2.51. The zero-order chi connectivity index (χ0) is 9.84. The lowest BCUT2D eigenvalue weighted by molar-refractivity contribution is 0.149. The van der Waals surface area contributed by atoms with Crippen molar-refractivity contribution >= 4 is 24.0 Å². The average Bonchev–Trinajstić information content (AvgIpc) is 2.63. The lowest BCUT2D eigenvalue weighted by Crippen LogP contribution is -2.51. The maximum absolute atomic E-state index is 11.0. The Hall–Kier alpha value is -1.45. The third kappa shape index (κ3) is 1.83. The highest BCUT2D eigenvalue weighted by Gasteiger charge is 2.27. The van der Waals surface area contributed by atoms with Crippen LogP contribution in [0.4, 0.5) is 9.59 Å². The first-order valence-electron chi connectivity index (χ1n) is 3.14. The van der Waals surface area contributed by atoms with Gasteiger partial charge < -0.3 is 0 Å². The molecule has 13 heavy (non-hydrogen) atoms. The van der Waals surface area contributed by atoms with Crippen LogP contribution >= 0.6 is 11.9 Å². The largest absolute Gasteiger partial charge is 0.361 e. The average molecular weight is 204 g/mol. The predicted octanol–water partition coefficient (Wildman–Crippen LogP) is -1.19. The van der Waals surface area contributed by atoms with Gasteiger partial charge in [-0.25, -0.2) is 21.3 Å². The lowest BCUT2D eigenvalue weighted by Gasteiger charge is -2.23. The van der Waals surface area contributed by atoms with Gasteiger partial charge in [-0.15, -0.1) is 0 Å². The molecule has 1 rings (SSSR count). The number of hydrogen-bond donors (Lipinski definition) is 4. The van der Waals surface area contributed by atoms with Gasteiger partial charge in [0, 0.05) is 23.6 Å². The molecule has 8 nitrogen and oxygen atoms in total. The lowest BCUT2D eigenvalue weighted by atomic mass is 10.8. The van der Waals surface area contributed by atoms with Crippen LogP contribution < -0.4 is 22.5 Å². The molecule has 1 aliphatic heterocycles. The van der Waals surface area contributed by atoms with Crippen LogP contribution in [0.2, 0.25) is 0 Å². The van der Waals surface area contributed by atoms with E-state index in [0.29, 0.717) is 0 Å². The van der Waals surface area contributed by atoms with Crippen molar-refractivity contribution in [1.82, 2.24) is 20.3 Å². The summed E-state index contributed by atoms with van der Waals surface area (Å²) < 4.78 is 1.00. The second kappa shape index (κ2) is 3.98. The standard InChI is InChI=1S/C4H8N6O2S/c5-7-3(11)9-1-2-13-10(9)4(12)8-6/h1-2H,5-6H2,(H,7,11)(H,8,12).